The monoisotopic (exact) mass is 193 g/mol. The van der Waals surface area contributed by atoms with E-state index in [0.29, 0.717) is 12.5 Å². The van der Waals surface area contributed by atoms with Crippen LogP contribution in [-0.4, -0.2) is 22.5 Å². The quantitative estimate of drug-likeness (QED) is 0.724. The SMILES string of the molecule is C=CC(=O)Nc1nccc(OCC)n1. The van der Waals surface area contributed by atoms with Gasteiger partial charge in [-0.05, 0) is 13.0 Å². The molecule has 1 N–H and O–H groups in total. The summed E-state index contributed by atoms with van der Waals surface area (Å²) in [6.07, 6.45) is 2.66. The summed E-state index contributed by atoms with van der Waals surface area (Å²) in [5, 5.41) is 2.43. The van der Waals surface area contributed by atoms with Gasteiger partial charge in [-0.25, -0.2) is 4.98 Å². The molecule has 0 aromatic carbocycles. The number of amides is 1. The van der Waals surface area contributed by atoms with Gasteiger partial charge >= 0.3 is 0 Å². The van der Waals surface area contributed by atoms with E-state index in [0.717, 1.165) is 6.08 Å². The van der Waals surface area contributed by atoms with Crippen LogP contribution < -0.4 is 10.1 Å². The predicted molar refractivity (Wildman–Crippen MR) is 52.0 cm³/mol. The Bertz CT molecular complexity index is 339. The van der Waals surface area contributed by atoms with E-state index in [9.17, 15) is 4.79 Å². The second-order valence-corrected chi connectivity index (χ2v) is 2.34. The van der Waals surface area contributed by atoms with Gasteiger partial charge in [-0.3, -0.25) is 10.1 Å². The lowest BCUT2D eigenvalue weighted by Crippen LogP contribution is -2.10. The number of nitrogens with one attached hydrogen (secondary N) is 1. The molecule has 74 valence electrons. The summed E-state index contributed by atoms with van der Waals surface area (Å²) in [6, 6.07) is 1.62. The van der Waals surface area contributed by atoms with Crippen molar-refractivity contribution >= 4 is 11.9 Å². The molecule has 0 radical (unpaired) electrons. The molecule has 1 heterocycles. The molecular weight excluding hydrogens is 182 g/mol. The van der Waals surface area contributed by atoms with Crippen LogP contribution in [-0.2, 0) is 4.79 Å². The van der Waals surface area contributed by atoms with Crippen LogP contribution in [0.5, 0.6) is 5.88 Å². The number of nitrogens with zero attached hydrogens (tertiary/aromatic N) is 2. The summed E-state index contributed by atoms with van der Waals surface area (Å²) < 4.78 is 5.13. The molecule has 0 aliphatic carbocycles. The third-order valence-electron chi connectivity index (χ3n) is 1.34. The highest BCUT2D eigenvalue weighted by Crippen LogP contribution is 2.07. The summed E-state index contributed by atoms with van der Waals surface area (Å²) in [5.41, 5.74) is 0. The highest BCUT2D eigenvalue weighted by molar-refractivity contribution is 5.97. The van der Waals surface area contributed by atoms with E-state index in [-0.39, 0.29) is 11.9 Å². The van der Waals surface area contributed by atoms with Gasteiger partial charge in [0, 0.05) is 12.3 Å². The van der Waals surface area contributed by atoms with Crippen LogP contribution in [0.25, 0.3) is 0 Å². The second kappa shape index (κ2) is 4.96. The van der Waals surface area contributed by atoms with Crippen LogP contribution in [0, 0.1) is 0 Å². The predicted octanol–water partition coefficient (Wildman–Crippen LogP) is 1.000. The standard InChI is InChI=1S/C9H11N3O2/c1-3-7(13)11-9-10-6-5-8(12-9)14-4-2/h3,5-6H,1,4H2,2H3,(H,10,11,12,13). The Balaban J connectivity index is 2.72. The van der Waals surface area contributed by atoms with Gasteiger partial charge in [0.2, 0.25) is 17.7 Å². The molecule has 0 atom stereocenters. The Hall–Kier alpha value is -1.91. The number of hydrogen-bond acceptors (Lipinski definition) is 4. The van der Waals surface area contributed by atoms with E-state index in [2.05, 4.69) is 21.9 Å². The molecule has 14 heavy (non-hydrogen) atoms. The van der Waals surface area contributed by atoms with E-state index in [1.54, 1.807) is 6.07 Å². The Morgan fingerprint density at radius 3 is 3.21 bits per heavy atom. The zero-order valence-corrected chi connectivity index (χ0v) is 7.86. The minimum atomic E-state index is -0.348. The van der Waals surface area contributed by atoms with Crippen molar-refractivity contribution in [1.29, 1.82) is 0 Å². The highest BCUT2D eigenvalue weighted by atomic mass is 16.5. The molecule has 0 saturated carbocycles. The summed E-state index contributed by atoms with van der Waals surface area (Å²) >= 11 is 0. The first-order valence-electron chi connectivity index (χ1n) is 4.15. The lowest BCUT2D eigenvalue weighted by atomic mass is 10.6. The van der Waals surface area contributed by atoms with Crippen molar-refractivity contribution in [2.75, 3.05) is 11.9 Å². The molecule has 0 saturated heterocycles. The summed E-state index contributed by atoms with van der Waals surface area (Å²) in [6.45, 7) is 5.69. The van der Waals surface area contributed by atoms with E-state index < -0.39 is 0 Å². The zero-order chi connectivity index (χ0) is 10.4. The average Bonchev–Trinajstić information content (AvgIpc) is 2.19. The third kappa shape index (κ3) is 2.85. The first-order valence-corrected chi connectivity index (χ1v) is 4.15. The van der Waals surface area contributed by atoms with E-state index in [1.165, 1.54) is 6.20 Å². The van der Waals surface area contributed by atoms with Crippen molar-refractivity contribution in [2.45, 2.75) is 6.92 Å². The first kappa shape index (κ1) is 10.2. The van der Waals surface area contributed by atoms with E-state index in [4.69, 9.17) is 4.74 Å². The number of anilines is 1. The van der Waals surface area contributed by atoms with Gasteiger partial charge in [0.15, 0.2) is 0 Å². The molecule has 0 aliphatic rings. The Kier molecular flexibility index (Phi) is 3.60. The molecule has 0 aliphatic heterocycles. The number of carbonyl (C=O) groups is 1. The number of aromatic nitrogens is 2. The van der Waals surface area contributed by atoms with E-state index in [1.807, 2.05) is 6.92 Å². The molecular formula is C9H11N3O2. The molecule has 1 aromatic rings. The van der Waals surface area contributed by atoms with Crippen molar-refractivity contribution in [1.82, 2.24) is 9.97 Å². The number of hydrogen-bond donors (Lipinski definition) is 1. The van der Waals surface area contributed by atoms with Gasteiger partial charge in [0.05, 0.1) is 6.61 Å². The molecule has 1 aromatic heterocycles. The summed E-state index contributed by atoms with van der Waals surface area (Å²) in [7, 11) is 0. The van der Waals surface area contributed by atoms with Gasteiger partial charge in [-0.15, -0.1) is 0 Å². The maximum atomic E-state index is 10.9. The van der Waals surface area contributed by atoms with Crippen LogP contribution in [0.15, 0.2) is 24.9 Å². The molecule has 0 unspecified atom stereocenters. The van der Waals surface area contributed by atoms with Crippen LogP contribution in [0.2, 0.25) is 0 Å². The van der Waals surface area contributed by atoms with Crippen molar-refractivity contribution in [3.63, 3.8) is 0 Å². The van der Waals surface area contributed by atoms with Gasteiger partial charge in [0.1, 0.15) is 0 Å². The van der Waals surface area contributed by atoms with E-state index >= 15 is 0 Å². The molecule has 0 fully saturated rings. The molecule has 0 spiro atoms. The maximum Gasteiger partial charge on any atom is 0.250 e. The fraction of sp³-hybridized carbons (Fsp3) is 0.222. The topological polar surface area (TPSA) is 64.1 Å². The molecule has 1 amide bonds. The molecule has 5 nitrogen and oxygen atoms in total. The minimum Gasteiger partial charge on any atom is -0.478 e. The number of ether oxygens (including phenoxy) is 1. The Morgan fingerprint density at radius 2 is 2.57 bits per heavy atom. The fourth-order valence-electron chi connectivity index (χ4n) is 0.792. The summed E-state index contributed by atoms with van der Waals surface area (Å²) in [5.74, 6) is 0.293. The third-order valence-corrected chi connectivity index (χ3v) is 1.34. The van der Waals surface area contributed by atoms with Crippen LogP contribution in [0.3, 0.4) is 0 Å². The van der Waals surface area contributed by atoms with Crippen molar-refractivity contribution < 1.29 is 9.53 Å². The molecule has 0 bridgehead atoms. The van der Waals surface area contributed by atoms with Crippen molar-refractivity contribution in [3.05, 3.63) is 24.9 Å². The smallest absolute Gasteiger partial charge is 0.250 e. The van der Waals surface area contributed by atoms with Crippen molar-refractivity contribution in [3.8, 4) is 5.88 Å². The zero-order valence-electron chi connectivity index (χ0n) is 7.86. The van der Waals surface area contributed by atoms with Crippen LogP contribution in [0.4, 0.5) is 5.95 Å². The Labute approximate surface area is 81.8 Å². The second-order valence-electron chi connectivity index (χ2n) is 2.34. The van der Waals surface area contributed by atoms with Crippen molar-refractivity contribution in [2.24, 2.45) is 0 Å². The van der Waals surface area contributed by atoms with Gasteiger partial charge in [-0.2, -0.15) is 4.98 Å². The van der Waals surface area contributed by atoms with Gasteiger partial charge in [0.25, 0.3) is 0 Å². The largest absolute Gasteiger partial charge is 0.478 e. The van der Waals surface area contributed by atoms with Crippen LogP contribution in [0.1, 0.15) is 6.92 Å². The fourth-order valence-corrected chi connectivity index (χ4v) is 0.792. The summed E-state index contributed by atoms with van der Waals surface area (Å²) in [4.78, 5) is 18.7. The normalized spacial score (nSPS) is 9.21. The minimum absolute atomic E-state index is 0.209. The lowest BCUT2D eigenvalue weighted by Gasteiger charge is -2.03. The van der Waals surface area contributed by atoms with Gasteiger partial charge in [-0.1, -0.05) is 6.58 Å². The highest BCUT2D eigenvalue weighted by Gasteiger charge is 2.01. The first-order chi connectivity index (χ1) is 6.76. The van der Waals surface area contributed by atoms with Crippen LogP contribution >= 0.6 is 0 Å². The molecule has 5 heteroatoms. The maximum absolute atomic E-state index is 10.9. The van der Waals surface area contributed by atoms with Gasteiger partial charge < -0.3 is 4.74 Å². The Morgan fingerprint density at radius 1 is 1.79 bits per heavy atom. The average molecular weight is 193 g/mol. The number of rotatable bonds is 4. The lowest BCUT2D eigenvalue weighted by molar-refractivity contribution is -0.111. The molecule has 1 rings (SSSR count). The number of carbonyl (C=O) groups excluding carboxylic acids is 1.